The number of rotatable bonds is 5. The van der Waals surface area contributed by atoms with Crippen LogP contribution in [0, 0.1) is 6.92 Å². The Bertz CT molecular complexity index is 1030. The summed E-state index contributed by atoms with van der Waals surface area (Å²) in [7, 11) is 0. The molecule has 0 aliphatic carbocycles. The quantitative estimate of drug-likeness (QED) is 0.689. The zero-order valence-corrected chi connectivity index (χ0v) is 16.6. The zero-order valence-electron chi connectivity index (χ0n) is 16.6. The van der Waals surface area contributed by atoms with Gasteiger partial charge in [-0.3, -0.25) is 9.78 Å². The Hall–Kier alpha value is -2.97. The largest absolute Gasteiger partial charge is 0.394 e. The van der Waals surface area contributed by atoms with Gasteiger partial charge in [-0.15, -0.1) is 0 Å². The van der Waals surface area contributed by atoms with Crippen LogP contribution in [0.15, 0.2) is 36.5 Å². The minimum atomic E-state index is -0.264. The summed E-state index contributed by atoms with van der Waals surface area (Å²) in [5, 5.41) is 12.4. The lowest BCUT2D eigenvalue weighted by molar-refractivity contribution is 0.102. The van der Waals surface area contributed by atoms with E-state index >= 15 is 0 Å². The SMILES string of the molecule is Cc1nc2cc(NC(=O)c3cc(N4CCOCC4)ccn3)ccc2n1C(C)CO. The molecule has 8 heteroatoms. The number of aromatic nitrogens is 3. The first kappa shape index (κ1) is 19.4. The molecule has 3 heterocycles. The second-order valence-electron chi connectivity index (χ2n) is 7.22. The molecule has 29 heavy (non-hydrogen) atoms. The van der Waals surface area contributed by atoms with E-state index in [1.165, 1.54) is 0 Å². The van der Waals surface area contributed by atoms with Gasteiger partial charge < -0.3 is 24.6 Å². The molecule has 0 spiro atoms. The highest BCUT2D eigenvalue weighted by Crippen LogP contribution is 2.24. The van der Waals surface area contributed by atoms with E-state index in [9.17, 15) is 9.90 Å². The number of morpholine rings is 1. The van der Waals surface area contributed by atoms with E-state index in [0.29, 0.717) is 24.6 Å². The number of hydrogen-bond acceptors (Lipinski definition) is 6. The van der Waals surface area contributed by atoms with Crippen molar-refractivity contribution in [3.05, 3.63) is 48.0 Å². The Labute approximate surface area is 169 Å². The first-order chi connectivity index (χ1) is 14.1. The zero-order chi connectivity index (χ0) is 20.4. The molecule has 1 aliphatic rings. The molecule has 1 saturated heterocycles. The molecule has 0 radical (unpaired) electrons. The molecule has 1 atom stereocenters. The van der Waals surface area contributed by atoms with Crippen molar-refractivity contribution in [2.75, 3.05) is 43.1 Å². The first-order valence-electron chi connectivity index (χ1n) is 9.76. The highest BCUT2D eigenvalue weighted by atomic mass is 16.5. The lowest BCUT2D eigenvalue weighted by atomic mass is 10.2. The van der Waals surface area contributed by atoms with Crippen molar-refractivity contribution in [2.45, 2.75) is 19.9 Å². The molecule has 2 N–H and O–H groups in total. The molecular weight excluding hydrogens is 370 g/mol. The molecule has 1 unspecified atom stereocenters. The van der Waals surface area contributed by atoms with Gasteiger partial charge in [-0.1, -0.05) is 0 Å². The molecule has 1 amide bonds. The van der Waals surface area contributed by atoms with Crippen molar-refractivity contribution in [3.63, 3.8) is 0 Å². The van der Waals surface area contributed by atoms with E-state index in [4.69, 9.17) is 4.74 Å². The Morgan fingerprint density at radius 2 is 2.07 bits per heavy atom. The molecule has 8 nitrogen and oxygen atoms in total. The Morgan fingerprint density at radius 1 is 1.28 bits per heavy atom. The fourth-order valence-electron chi connectivity index (χ4n) is 3.69. The number of fused-ring (bicyclic) bond motifs is 1. The van der Waals surface area contributed by atoms with Crippen molar-refractivity contribution >= 4 is 28.3 Å². The first-order valence-corrected chi connectivity index (χ1v) is 9.76. The summed E-state index contributed by atoms with van der Waals surface area (Å²) in [6.45, 7) is 6.86. The van der Waals surface area contributed by atoms with Crippen LogP contribution in [-0.2, 0) is 4.74 Å². The van der Waals surface area contributed by atoms with Gasteiger partial charge in [0.05, 0.1) is 36.9 Å². The predicted molar refractivity (Wildman–Crippen MR) is 111 cm³/mol. The van der Waals surface area contributed by atoms with E-state index in [1.54, 1.807) is 12.3 Å². The van der Waals surface area contributed by atoms with Crippen molar-refractivity contribution in [1.82, 2.24) is 14.5 Å². The Balaban J connectivity index is 1.54. The van der Waals surface area contributed by atoms with Crippen molar-refractivity contribution in [1.29, 1.82) is 0 Å². The van der Waals surface area contributed by atoms with Gasteiger partial charge in [0, 0.05) is 30.7 Å². The van der Waals surface area contributed by atoms with Gasteiger partial charge in [0.15, 0.2) is 0 Å². The number of ether oxygens (including phenoxy) is 1. The lowest BCUT2D eigenvalue weighted by Crippen LogP contribution is -2.36. The molecule has 1 aliphatic heterocycles. The van der Waals surface area contributed by atoms with E-state index in [-0.39, 0.29) is 18.6 Å². The van der Waals surface area contributed by atoms with Gasteiger partial charge in [0.1, 0.15) is 11.5 Å². The van der Waals surface area contributed by atoms with E-state index < -0.39 is 0 Å². The summed E-state index contributed by atoms with van der Waals surface area (Å²) >= 11 is 0. The maximum atomic E-state index is 12.7. The predicted octanol–water partition coefficient (Wildman–Crippen LogP) is 2.38. The number of aryl methyl sites for hydroxylation is 1. The third-order valence-electron chi connectivity index (χ3n) is 5.18. The summed E-state index contributed by atoms with van der Waals surface area (Å²) in [6.07, 6.45) is 1.66. The standard InChI is InChI=1S/C21H25N5O3/c1-14(13-27)26-15(2)23-18-11-16(3-4-20(18)26)24-21(28)19-12-17(5-6-22-19)25-7-9-29-10-8-25/h3-6,11-12,14,27H,7-10,13H2,1-2H3,(H,24,28). The van der Waals surface area contributed by atoms with Crippen LogP contribution in [0.3, 0.4) is 0 Å². The van der Waals surface area contributed by atoms with Crippen molar-refractivity contribution in [3.8, 4) is 0 Å². The molecule has 1 fully saturated rings. The number of benzene rings is 1. The van der Waals surface area contributed by atoms with Gasteiger partial charge in [-0.2, -0.15) is 0 Å². The highest BCUT2D eigenvalue weighted by Gasteiger charge is 2.16. The van der Waals surface area contributed by atoms with Gasteiger partial charge in [0.2, 0.25) is 0 Å². The summed E-state index contributed by atoms with van der Waals surface area (Å²) in [6, 6.07) is 9.25. The van der Waals surface area contributed by atoms with E-state index in [0.717, 1.165) is 35.6 Å². The fourth-order valence-corrected chi connectivity index (χ4v) is 3.69. The third kappa shape index (κ3) is 3.94. The van der Waals surface area contributed by atoms with Crippen LogP contribution in [0.1, 0.15) is 29.3 Å². The molecular formula is C21H25N5O3. The lowest BCUT2D eigenvalue weighted by Gasteiger charge is -2.28. The molecule has 152 valence electrons. The average Bonchev–Trinajstić information content (AvgIpc) is 3.08. The number of imidazole rings is 1. The number of amides is 1. The summed E-state index contributed by atoms with van der Waals surface area (Å²) in [5.41, 5.74) is 3.69. The Morgan fingerprint density at radius 3 is 2.83 bits per heavy atom. The molecule has 3 aromatic rings. The third-order valence-corrected chi connectivity index (χ3v) is 5.18. The molecule has 2 aromatic heterocycles. The Kier molecular flexibility index (Phi) is 5.46. The van der Waals surface area contributed by atoms with Crippen LogP contribution in [0.2, 0.25) is 0 Å². The number of aliphatic hydroxyl groups is 1. The molecule has 4 rings (SSSR count). The van der Waals surface area contributed by atoms with Gasteiger partial charge in [-0.05, 0) is 44.2 Å². The number of nitrogens with zero attached hydrogens (tertiary/aromatic N) is 4. The molecule has 0 bridgehead atoms. The second kappa shape index (κ2) is 8.18. The van der Waals surface area contributed by atoms with Crippen LogP contribution >= 0.6 is 0 Å². The average molecular weight is 395 g/mol. The normalized spacial score (nSPS) is 15.5. The number of carbonyl (C=O) groups is 1. The van der Waals surface area contributed by atoms with Crippen LogP contribution < -0.4 is 10.2 Å². The topological polar surface area (TPSA) is 92.5 Å². The monoisotopic (exact) mass is 395 g/mol. The molecule has 1 aromatic carbocycles. The van der Waals surface area contributed by atoms with Crippen LogP contribution in [0.25, 0.3) is 11.0 Å². The van der Waals surface area contributed by atoms with Crippen LogP contribution in [-0.4, -0.2) is 58.5 Å². The van der Waals surface area contributed by atoms with Crippen molar-refractivity contribution < 1.29 is 14.6 Å². The second-order valence-corrected chi connectivity index (χ2v) is 7.22. The summed E-state index contributed by atoms with van der Waals surface area (Å²) < 4.78 is 7.38. The maximum absolute atomic E-state index is 12.7. The minimum Gasteiger partial charge on any atom is -0.394 e. The van der Waals surface area contributed by atoms with Gasteiger partial charge in [0.25, 0.3) is 5.91 Å². The number of aliphatic hydroxyl groups excluding tert-OH is 1. The fraction of sp³-hybridized carbons (Fsp3) is 0.381. The number of nitrogens with one attached hydrogen (secondary N) is 1. The van der Waals surface area contributed by atoms with Crippen molar-refractivity contribution in [2.24, 2.45) is 0 Å². The molecule has 0 saturated carbocycles. The number of carbonyl (C=O) groups excluding carboxylic acids is 1. The van der Waals surface area contributed by atoms with Gasteiger partial charge in [-0.25, -0.2) is 4.98 Å². The minimum absolute atomic E-state index is 0.0376. The summed E-state index contributed by atoms with van der Waals surface area (Å²) in [5.74, 6) is 0.559. The number of hydrogen-bond donors (Lipinski definition) is 2. The van der Waals surface area contributed by atoms with E-state index in [1.807, 2.05) is 42.7 Å². The smallest absolute Gasteiger partial charge is 0.274 e. The van der Waals surface area contributed by atoms with Crippen LogP contribution in [0.4, 0.5) is 11.4 Å². The maximum Gasteiger partial charge on any atom is 0.274 e. The number of pyridine rings is 1. The van der Waals surface area contributed by atoms with Gasteiger partial charge >= 0.3 is 0 Å². The van der Waals surface area contributed by atoms with E-state index in [2.05, 4.69) is 20.2 Å². The number of anilines is 2. The summed E-state index contributed by atoms with van der Waals surface area (Å²) in [4.78, 5) is 23.7. The van der Waals surface area contributed by atoms with Crippen LogP contribution in [0.5, 0.6) is 0 Å². The highest BCUT2D eigenvalue weighted by molar-refractivity contribution is 6.04.